The molecule has 1 aliphatic rings. The van der Waals surface area contributed by atoms with Crippen molar-refractivity contribution in [2.24, 2.45) is 0 Å². The second kappa shape index (κ2) is 11.4. The van der Waals surface area contributed by atoms with E-state index in [9.17, 15) is 9.59 Å². The molecule has 3 aromatic rings. The van der Waals surface area contributed by atoms with Crippen LogP contribution >= 0.6 is 0 Å². The summed E-state index contributed by atoms with van der Waals surface area (Å²) in [5.41, 5.74) is 5.89. The molecular weight excluding hydrogens is 446 g/mol. The molecular formula is C31H37N3O2. The summed E-state index contributed by atoms with van der Waals surface area (Å²) in [7, 11) is 0. The van der Waals surface area contributed by atoms with E-state index >= 15 is 0 Å². The summed E-state index contributed by atoms with van der Waals surface area (Å²) in [4.78, 5) is 30.6. The van der Waals surface area contributed by atoms with E-state index in [0.717, 1.165) is 35.3 Å². The van der Waals surface area contributed by atoms with Crippen molar-refractivity contribution in [3.05, 3.63) is 95.1 Å². The minimum absolute atomic E-state index is 0.0244. The lowest BCUT2D eigenvalue weighted by molar-refractivity contribution is -0.117. The number of rotatable bonds is 8. The van der Waals surface area contributed by atoms with Crippen molar-refractivity contribution in [3.8, 4) is 0 Å². The summed E-state index contributed by atoms with van der Waals surface area (Å²) < 4.78 is 0. The van der Waals surface area contributed by atoms with Crippen LogP contribution in [0.3, 0.4) is 0 Å². The topological polar surface area (TPSA) is 52.7 Å². The highest BCUT2D eigenvalue weighted by Crippen LogP contribution is 2.32. The lowest BCUT2D eigenvalue weighted by Crippen LogP contribution is -2.49. The molecule has 1 unspecified atom stereocenters. The van der Waals surface area contributed by atoms with Crippen LogP contribution in [0.4, 0.5) is 16.2 Å². The number of anilines is 2. The third-order valence-electron chi connectivity index (χ3n) is 6.96. The highest BCUT2D eigenvalue weighted by molar-refractivity contribution is 6.02. The Hall–Kier alpha value is -3.60. The predicted molar refractivity (Wildman–Crippen MR) is 148 cm³/mol. The first-order valence-corrected chi connectivity index (χ1v) is 13.0. The van der Waals surface area contributed by atoms with Crippen LogP contribution in [0.25, 0.3) is 0 Å². The molecule has 0 saturated carbocycles. The van der Waals surface area contributed by atoms with Crippen molar-refractivity contribution in [3.63, 3.8) is 0 Å². The Morgan fingerprint density at radius 3 is 2.33 bits per heavy atom. The summed E-state index contributed by atoms with van der Waals surface area (Å²) in [6.07, 6.45) is 1.57. The van der Waals surface area contributed by atoms with Gasteiger partial charge in [0.05, 0.1) is 17.3 Å². The fourth-order valence-electron chi connectivity index (χ4n) is 4.84. The zero-order valence-electron chi connectivity index (χ0n) is 21.8. The number of carbonyl (C=O) groups is 2. The van der Waals surface area contributed by atoms with Gasteiger partial charge in [0.2, 0.25) is 5.91 Å². The van der Waals surface area contributed by atoms with Gasteiger partial charge in [-0.2, -0.15) is 0 Å². The molecule has 0 bridgehead atoms. The number of nitrogens with zero attached hydrogens (tertiary/aromatic N) is 2. The molecule has 0 aliphatic carbocycles. The first-order chi connectivity index (χ1) is 17.4. The first kappa shape index (κ1) is 25.5. The minimum Gasteiger partial charge on any atom is -0.324 e. The minimum atomic E-state index is -0.248. The lowest BCUT2D eigenvalue weighted by Gasteiger charge is -2.36. The van der Waals surface area contributed by atoms with Crippen LogP contribution in [0.2, 0.25) is 0 Å². The average molecular weight is 484 g/mol. The Morgan fingerprint density at radius 1 is 0.944 bits per heavy atom. The zero-order valence-corrected chi connectivity index (χ0v) is 21.8. The van der Waals surface area contributed by atoms with Gasteiger partial charge < -0.3 is 10.2 Å². The largest absolute Gasteiger partial charge is 0.324 e. The lowest BCUT2D eigenvalue weighted by atomic mass is 9.95. The molecule has 1 N–H and O–H groups in total. The summed E-state index contributed by atoms with van der Waals surface area (Å²) in [5, 5.41) is 3.15. The van der Waals surface area contributed by atoms with E-state index < -0.39 is 0 Å². The number of urea groups is 1. The molecule has 0 radical (unpaired) electrons. The van der Waals surface area contributed by atoms with E-state index in [1.807, 2.05) is 72.2 Å². The van der Waals surface area contributed by atoms with E-state index in [1.165, 1.54) is 5.56 Å². The smallest absolute Gasteiger partial charge is 0.324 e. The maximum Gasteiger partial charge on any atom is 0.324 e. The number of hydrogen-bond donors (Lipinski definition) is 1. The number of benzene rings is 3. The van der Waals surface area contributed by atoms with Crippen molar-refractivity contribution >= 4 is 23.3 Å². The Bertz CT molecular complexity index is 1190. The van der Waals surface area contributed by atoms with E-state index in [0.29, 0.717) is 31.1 Å². The van der Waals surface area contributed by atoms with Gasteiger partial charge in [0.1, 0.15) is 0 Å². The van der Waals surface area contributed by atoms with Gasteiger partial charge in [-0.15, -0.1) is 0 Å². The van der Waals surface area contributed by atoms with E-state index in [2.05, 4.69) is 43.4 Å². The van der Waals surface area contributed by atoms with Gasteiger partial charge in [0, 0.05) is 19.6 Å². The predicted octanol–water partition coefficient (Wildman–Crippen LogP) is 7.08. The van der Waals surface area contributed by atoms with Crippen LogP contribution < -0.4 is 10.2 Å². The maximum atomic E-state index is 13.6. The highest BCUT2D eigenvalue weighted by Gasteiger charge is 2.29. The van der Waals surface area contributed by atoms with Crippen LogP contribution in [0.15, 0.2) is 72.8 Å². The van der Waals surface area contributed by atoms with Crippen molar-refractivity contribution in [1.82, 2.24) is 4.90 Å². The van der Waals surface area contributed by atoms with E-state index in [-0.39, 0.29) is 17.9 Å². The molecule has 3 amide bonds. The second-order valence-corrected chi connectivity index (χ2v) is 9.99. The Morgan fingerprint density at radius 2 is 1.67 bits per heavy atom. The summed E-state index contributed by atoms with van der Waals surface area (Å²) in [5.74, 6) is 0.180. The van der Waals surface area contributed by atoms with Gasteiger partial charge in [-0.05, 0) is 60.1 Å². The van der Waals surface area contributed by atoms with Crippen LogP contribution in [-0.2, 0) is 11.3 Å². The third-order valence-corrected chi connectivity index (χ3v) is 6.96. The number of carbonyl (C=O) groups excluding carboxylic acids is 2. The molecule has 3 aromatic carbocycles. The molecule has 0 aromatic heterocycles. The molecule has 1 saturated heterocycles. The molecule has 1 aliphatic heterocycles. The fraction of sp³-hybridized carbons (Fsp3) is 0.355. The molecule has 188 valence electrons. The molecule has 0 spiro atoms. The normalized spacial score (nSPS) is 14.8. The van der Waals surface area contributed by atoms with E-state index in [1.54, 1.807) is 0 Å². The first-order valence-electron chi connectivity index (χ1n) is 13.0. The van der Waals surface area contributed by atoms with Crippen LogP contribution in [0.5, 0.6) is 0 Å². The molecule has 1 heterocycles. The summed E-state index contributed by atoms with van der Waals surface area (Å²) in [6.45, 7) is 10.3. The second-order valence-electron chi connectivity index (χ2n) is 9.99. The van der Waals surface area contributed by atoms with Crippen LogP contribution in [-0.4, -0.2) is 29.9 Å². The standard InChI is InChI=1S/C31H37N3O2/c1-5-27(26-10-7-6-8-11-26)30(35)32-28-20-23(4)12-17-29(28)34-19-9-18-33(31(34)36)21-24-13-15-25(16-14-24)22(2)3/h6-8,10-17,20,22,27H,5,9,18-19,21H2,1-4H3,(H,32,35). The summed E-state index contributed by atoms with van der Waals surface area (Å²) in [6, 6.07) is 24.3. The monoisotopic (exact) mass is 483 g/mol. The molecule has 1 atom stereocenters. The van der Waals surface area contributed by atoms with Gasteiger partial charge in [-0.25, -0.2) is 4.79 Å². The summed E-state index contributed by atoms with van der Waals surface area (Å²) >= 11 is 0. The van der Waals surface area contributed by atoms with Crippen LogP contribution in [0.1, 0.15) is 67.7 Å². The Balaban J connectivity index is 1.54. The fourth-order valence-corrected chi connectivity index (χ4v) is 4.84. The van der Waals surface area contributed by atoms with Crippen molar-refractivity contribution in [1.29, 1.82) is 0 Å². The van der Waals surface area contributed by atoms with Gasteiger partial charge in [-0.1, -0.05) is 81.4 Å². The average Bonchev–Trinajstić information content (AvgIpc) is 2.87. The van der Waals surface area contributed by atoms with Crippen molar-refractivity contribution in [2.45, 2.75) is 58.9 Å². The van der Waals surface area contributed by atoms with Crippen LogP contribution in [0, 0.1) is 6.92 Å². The quantitative estimate of drug-likeness (QED) is 0.372. The number of nitrogens with one attached hydrogen (secondary N) is 1. The van der Waals surface area contributed by atoms with E-state index in [4.69, 9.17) is 0 Å². The van der Waals surface area contributed by atoms with Gasteiger partial charge in [-0.3, -0.25) is 9.69 Å². The number of amides is 3. The van der Waals surface area contributed by atoms with Gasteiger partial charge >= 0.3 is 6.03 Å². The number of aryl methyl sites for hydroxylation is 1. The third kappa shape index (κ3) is 5.78. The zero-order chi connectivity index (χ0) is 25.7. The SMILES string of the molecule is CCC(C(=O)Nc1cc(C)ccc1N1CCCN(Cc2ccc(C(C)C)cc2)C1=O)c1ccccc1. The van der Waals surface area contributed by atoms with Gasteiger partial charge in [0.15, 0.2) is 0 Å². The molecule has 36 heavy (non-hydrogen) atoms. The Kier molecular flexibility index (Phi) is 8.09. The molecule has 4 rings (SSSR count). The number of hydrogen-bond acceptors (Lipinski definition) is 2. The van der Waals surface area contributed by atoms with Gasteiger partial charge in [0.25, 0.3) is 0 Å². The van der Waals surface area contributed by atoms with Crippen molar-refractivity contribution < 1.29 is 9.59 Å². The molecule has 5 heteroatoms. The van der Waals surface area contributed by atoms with Crippen molar-refractivity contribution in [2.75, 3.05) is 23.3 Å². The molecule has 5 nitrogen and oxygen atoms in total. The highest BCUT2D eigenvalue weighted by atomic mass is 16.2. The Labute approximate surface area is 215 Å². The molecule has 1 fully saturated rings. The maximum absolute atomic E-state index is 13.6.